The van der Waals surface area contributed by atoms with Crippen molar-refractivity contribution in [1.29, 1.82) is 5.41 Å². The Morgan fingerprint density at radius 3 is 2.68 bits per heavy atom. The summed E-state index contributed by atoms with van der Waals surface area (Å²) in [4.78, 5) is 17.1. The molecule has 1 atom stereocenters. The highest BCUT2D eigenvalue weighted by Gasteiger charge is 2.35. The summed E-state index contributed by atoms with van der Waals surface area (Å²) in [6.07, 6.45) is 6.64. The van der Waals surface area contributed by atoms with E-state index in [9.17, 15) is 4.79 Å². The standard InChI is InChI=1S/C29H31N5O2S/c1-4-8-26-32-34-27(30)24(28(35)31-29(34)37-26)17-21-18-33(25-10-7-6-9-23(21)25)15-16-36-22-13-11-20(12-14-22)19(3)5-2/h6-7,9-14,17-19,30H,4-5,8,15-16H2,1-3H3/b24-17-,30-27?/t19-/m1/s1. The number of rotatable bonds is 9. The lowest BCUT2D eigenvalue weighted by Crippen LogP contribution is -2.35. The van der Waals surface area contributed by atoms with Crippen molar-refractivity contribution < 1.29 is 9.53 Å². The molecule has 7 nitrogen and oxygen atoms in total. The predicted molar refractivity (Wildman–Crippen MR) is 152 cm³/mol. The van der Waals surface area contributed by atoms with Crippen molar-refractivity contribution >= 4 is 50.7 Å². The second-order valence-corrected chi connectivity index (χ2v) is 10.3. The number of carbonyl (C=O) groups is 1. The van der Waals surface area contributed by atoms with Gasteiger partial charge in [0, 0.05) is 22.7 Å². The molecule has 1 amide bonds. The van der Waals surface area contributed by atoms with Crippen LogP contribution in [-0.2, 0) is 11.3 Å². The number of nitrogens with zero attached hydrogens (tertiary/aromatic N) is 4. The van der Waals surface area contributed by atoms with Crippen LogP contribution in [-0.4, -0.2) is 38.1 Å². The van der Waals surface area contributed by atoms with Crippen molar-refractivity contribution in [2.24, 2.45) is 10.1 Å². The van der Waals surface area contributed by atoms with E-state index < -0.39 is 5.91 Å². The number of aromatic nitrogens is 1. The van der Waals surface area contributed by atoms with Gasteiger partial charge in [-0.2, -0.15) is 15.1 Å². The average Bonchev–Trinajstić information content (AvgIpc) is 3.48. The normalized spacial score (nSPS) is 17.3. The van der Waals surface area contributed by atoms with Crippen molar-refractivity contribution in [3.63, 3.8) is 0 Å². The minimum atomic E-state index is -0.405. The van der Waals surface area contributed by atoms with Crippen LogP contribution in [0.5, 0.6) is 5.75 Å². The van der Waals surface area contributed by atoms with E-state index in [0.29, 0.717) is 24.2 Å². The van der Waals surface area contributed by atoms with Crippen molar-refractivity contribution in [2.75, 3.05) is 6.61 Å². The van der Waals surface area contributed by atoms with Crippen molar-refractivity contribution in [2.45, 2.75) is 52.5 Å². The SMILES string of the molecule is CCCC1=NN2C(=N)/C(=C/c3cn(CCOc4ccc([C@H](C)CC)cc4)c4ccccc34)C(=O)N=C2S1. The molecule has 0 spiro atoms. The number of thioether (sulfide) groups is 1. The third-order valence-electron chi connectivity index (χ3n) is 6.74. The van der Waals surface area contributed by atoms with E-state index in [0.717, 1.165) is 46.5 Å². The van der Waals surface area contributed by atoms with Gasteiger partial charge in [0.1, 0.15) is 17.4 Å². The lowest BCUT2D eigenvalue weighted by atomic mass is 9.99. The zero-order valence-electron chi connectivity index (χ0n) is 21.4. The molecule has 1 N–H and O–H groups in total. The summed E-state index contributed by atoms with van der Waals surface area (Å²) >= 11 is 1.37. The van der Waals surface area contributed by atoms with E-state index in [4.69, 9.17) is 10.1 Å². The molecular weight excluding hydrogens is 482 g/mol. The maximum absolute atomic E-state index is 12.9. The molecule has 2 aliphatic rings. The van der Waals surface area contributed by atoms with Gasteiger partial charge in [-0.25, -0.2) is 0 Å². The van der Waals surface area contributed by atoms with Gasteiger partial charge in [-0.3, -0.25) is 10.2 Å². The first kappa shape index (κ1) is 25.0. The number of fused-ring (bicyclic) bond motifs is 2. The Labute approximate surface area is 221 Å². The molecule has 0 saturated carbocycles. The monoisotopic (exact) mass is 513 g/mol. The van der Waals surface area contributed by atoms with Gasteiger partial charge in [0.05, 0.1) is 12.1 Å². The number of nitrogens with one attached hydrogen (secondary N) is 1. The molecule has 0 radical (unpaired) electrons. The number of carbonyl (C=O) groups excluding carboxylic acids is 1. The van der Waals surface area contributed by atoms with Crippen LogP contribution in [0.4, 0.5) is 0 Å². The van der Waals surface area contributed by atoms with Gasteiger partial charge < -0.3 is 9.30 Å². The number of ether oxygens (including phenoxy) is 1. The molecule has 2 aromatic carbocycles. The van der Waals surface area contributed by atoms with Crippen LogP contribution in [0.2, 0.25) is 0 Å². The lowest BCUT2D eigenvalue weighted by Gasteiger charge is -2.20. The lowest BCUT2D eigenvalue weighted by molar-refractivity contribution is -0.114. The fourth-order valence-electron chi connectivity index (χ4n) is 4.47. The maximum atomic E-state index is 12.9. The molecule has 0 unspecified atom stereocenters. The molecule has 3 aromatic rings. The Bertz CT molecular complexity index is 1430. The fraction of sp³-hybridized carbons (Fsp3) is 0.310. The molecule has 2 aliphatic heterocycles. The molecule has 3 heterocycles. The fourth-order valence-corrected chi connectivity index (χ4v) is 5.45. The summed E-state index contributed by atoms with van der Waals surface area (Å²) in [5.41, 5.74) is 3.48. The molecule has 0 saturated heterocycles. The molecule has 5 rings (SSSR count). The van der Waals surface area contributed by atoms with Crippen molar-refractivity contribution in [1.82, 2.24) is 9.58 Å². The molecule has 0 fully saturated rings. The van der Waals surface area contributed by atoms with E-state index in [1.807, 2.05) is 36.5 Å². The highest BCUT2D eigenvalue weighted by Crippen LogP contribution is 2.31. The summed E-state index contributed by atoms with van der Waals surface area (Å²) in [5.74, 6) is 1.05. The van der Waals surface area contributed by atoms with E-state index in [1.165, 1.54) is 22.3 Å². The van der Waals surface area contributed by atoms with Gasteiger partial charge in [0.25, 0.3) is 5.91 Å². The number of amides is 1. The van der Waals surface area contributed by atoms with Gasteiger partial charge in [0.15, 0.2) is 5.84 Å². The van der Waals surface area contributed by atoms with E-state index in [1.54, 1.807) is 6.08 Å². The molecular formula is C29H31N5O2S. The zero-order chi connectivity index (χ0) is 25.9. The van der Waals surface area contributed by atoms with Gasteiger partial charge in [-0.05, 0) is 66.8 Å². The van der Waals surface area contributed by atoms with Crippen LogP contribution in [0, 0.1) is 5.41 Å². The van der Waals surface area contributed by atoms with E-state index >= 15 is 0 Å². The van der Waals surface area contributed by atoms with Crippen LogP contribution in [0.15, 0.2) is 70.4 Å². The number of hydrogen-bond donors (Lipinski definition) is 1. The van der Waals surface area contributed by atoms with Crippen LogP contribution >= 0.6 is 11.8 Å². The number of aliphatic imine (C=N–C) groups is 1. The Morgan fingerprint density at radius 2 is 1.92 bits per heavy atom. The number of amidine groups is 2. The van der Waals surface area contributed by atoms with Gasteiger partial charge in [0.2, 0.25) is 5.17 Å². The first-order valence-electron chi connectivity index (χ1n) is 12.8. The second kappa shape index (κ2) is 10.8. The number of hydrogen-bond acceptors (Lipinski definition) is 5. The van der Waals surface area contributed by atoms with E-state index in [2.05, 4.69) is 53.6 Å². The summed E-state index contributed by atoms with van der Waals surface area (Å²) in [6.45, 7) is 7.67. The Kier molecular flexibility index (Phi) is 7.28. The third-order valence-corrected chi connectivity index (χ3v) is 7.71. The summed E-state index contributed by atoms with van der Waals surface area (Å²) in [7, 11) is 0. The number of hydrazone groups is 1. The smallest absolute Gasteiger partial charge is 0.283 e. The number of benzene rings is 2. The van der Waals surface area contributed by atoms with Gasteiger partial charge in [-0.1, -0.05) is 51.1 Å². The largest absolute Gasteiger partial charge is 0.492 e. The Balaban J connectivity index is 1.36. The van der Waals surface area contributed by atoms with Crippen LogP contribution in [0.25, 0.3) is 17.0 Å². The van der Waals surface area contributed by atoms with Crippen LogP contribution < -0.4 is 4.74 Å². The second-order valence-electron chi connectivity index (χ2n) is 9.29. The number of para-hydroxylation sites is 1. The minimum Gasteiger partial charge on any atom is -0.492 e. The topological polar surface area (TPSA) is 83.0 Å². The molecule has 8 heteroatoms. The molecule has 0 bridgehead atoms. The van der Waals surface area contributed by atoms with Gasteiger partial charge in [-0.15, -0.1) is 0 Å². The average molecular weight is 514 g/mol. The van der Waals surface area contributed by atoms with Gasteiger partial charge >= 0.3 is 0 Å². The summed E-state index contributed by atoms with van der Waals surface area (Å²) in [5, 5.41) is 17.0. The molecule has 190 valence electrons. The third kappa shape index (κ3) is 5.11. The Hall–Kier alpha value is -3.65. The molecule has 1 aromatic heterocycles. The van der Waals surface area contributed by atoms with Crippen molar-refractivity contribution in [3.05, 3.63) is 71.4 Å². The van der Waals surface area contributed by atoms with Crippen LogP contribution in [0.1, 0.15) is 57.1 Å². The highest BCUT2D eigenvalue weighted by molar-refractivity contribution is 8.26. The first-order chi connectivity index (χ1) is 18.0. The highest BCUT2D eigenvalue weighted by atomic mass is 32.2. The minimum absolute atomic E-state index is 0.0644. The first-order valence-corrected chi connectivity index (χ1v) is 13.6. The van der Waals surface area contributed by atoms with Crippen LogP contribution in [0.3, 0.4) is 0 Å². The maximum Gasteiger partial charge on any atom is 0.283 e. The Morgan fingerprint density at radius 1 is 1.14 bits per heavy atom. The van der Waals surface area contributed by atoms with E-state index in [-0.39, 0.29) is 11.4 Å². The predicted octanol–water partition coefficient (Wildman–Crippen LogP) is 6.65. The summed E-state index contributed by atoms with van der Waals surface area (Å²) < 4.78 is 8.16. The zero-order valence-corrected chi connectivity index (χ0v) is 22.2. The summed E-state index contributed by atoms with van der Waals surface area (Å²) in [6, 6.07) is 16.4. The van der Waals surface area contributed by atoms with Crippen molar-refractivity contribution in [3.8, 4) is 5.75 Å². The quantitative estimate of drug-likeness (QED) is 0.325. The molecule has 0 aliphatic carbocycles. The molecule has 37 heavy (non-hydrogen) atoms.